The molecule has 178 valence electrons. The average molecular weight is 498 g/mol. The van der Waals surface area contributed by atoms with Gasteiger partial charge >= 0.3 is 0 Å². The van der Waals surface area contributed by atoms with E-state index in [4.69, 9.17) is 11.6 Å². The van der Waals surface area contributed by atoms with Gasteiger partial charge < -0.3 is 4.90 Å². The van der Waals surface area contributed by atoms with Gasteiger partial charge in [-0.05, 0) is 42.3 Å². The summed E-state index contributed by atoms with van der Waals surface area (Å²) in [4.78, 5) is 17.5. The Morgan fingerprint density at radius 1 is 0.882 bits per heavy atom. The third-order valence-electron chi connectivity index (χ3n) is 6.09. The maximum absolute atomic E-state index is 13.6. The van der Waals surface area contributed by atoms with Gasteiger partial charge in [-0.2, -0.15) is 0 Å². The third kappa shape index (κ3) is 5.43. The van der Waals surface area contributed by atoms with E-state index in [1.54, 1.807) is 48.2 Å². The van der Waals surface area contributed by atoms with Crippen LogP contribution in [0.3, 0.4) is 0 Å². The Morgan fingerprint density at radius 2 is 1.50 bits per heavy atom. The fraction of sp³-hybridized carbons (Fsp3) is 0.269. The number of hydrogen-bond acceptors (Lipinski definition) is 4. The molecule has 34 heavy (non-hydrogen) atoms. The molecule has 0 spiro atoms. The zero-order valence-corrected chi connectivity index (χ0v) is 20.7. The molecule has 0 aliphatic carbocycles. The number of anilines is 1. The van der Waals surface area contributed by atoms with Crippen molar-refractivity contribution in [3.05, 3.63) is 95.0 Å². The highest BCUT2D eigenvalue weighted by molar-refractivity contribution is 7.92. The summed E-state index contributed by atoms with van der Waals surface area (Å²) >= 11 is 6.30. The van der Waals surface area contributed by atoms with Crippen LogP contribution < -0.4 is 4.31 Å². The van der Waals surface area contributed by atoms with Crippen LogP contribution in [-0.4, -0.2) is 56.8 Å². The summed E-state index contributed by atoms with van der Waals surface area (Å²) in [5.41, 5.74) is 2.26. The number of amides is 1. The largest absolute Gasteiger partial charge is 0.339 e. The van der Waals surface area contributed by atoms with Gasteiger partial charge in [-0.1, -0.05) is 66.2 Å². The minimum Gasteiger partial charge on any atom is -0.339 e. The Labute approximate surface area is 206 Å². The summed E-state index contributed by atoms with van der Waals surface area (Å²) in [5, 5.41) is 0.452. The van der Waals surface area contributed by atoms with Crippen molar-refractivity contribution in [1.29, 1.82) is 0 Å². The Bertz CT molecular complexity index is 1230. The molecule has 4 rings (SSSR count). The number of rotatable bonds is 7. The van der Waals surface area contributed by atoms with E-state index < -0.39 is 10.0 Å². The van der Waals surface area contributed by atoms with Crippen LogP contribution >= 0.6 is 11.6 Å². The molecular weight excluding hydrogens is 470 g/mol. The van der Waals surface area contributed by atoms with Crippen LogP contribution in [0.25, 0.3) is 0 Å². The lowest BCUT2D eigenvalue weighted by molar-refractivity contribution is -0.131. The number of nitrogens with zero attached hydrogens (tertiary/aromatic N) is 3. The first kappa shape index (κ1) is 24.3. The average Bonchev–Trinajstić information content (AvgIpc) is 2.86. The summed E-state index contributed by atoms with van der Waals surface area (Å²) in [7, 11) is -3.96. The highest BCUT2D eigenvalue weighted by Crippen LogP contribution is 2.31. The molecular formula is C26H28ClN3O3S. The lowest BCUT2D eigenvalue weighted by Gasteiger charge is -2.36. The van der Waals surface area contributed by atoms with Gasteiger partial charge in [0, 0.05) is 37.7 Å². The molecule has 6 nitrogen and oxygen atoms in total. The fourth-order valence-electron chi connectivity index (χ4n) is 4.11. The van der Waals surface area contributed by atoms with Crippen LogP contribution in [0.15, 0.2) is 83.8 Å². The molecule has 0 atom stereocenters. The summed E-state index contributed by atoms with van der Waals surface area (Å²) < 4.78 is 28.3. The molecule has 8 heteroatoms. The van der Waals surface area contributed by atoms with Crippen molar-refractivity contribution >= 4 is 33.2 Å². The van der Waals surface area contributed by atoms with Crippen LogP contribution in [0, 0.1) is 6.92 Å². The minimum absolute atomic E-state index is 0.134. The first-order valence-corrected chi connectivity index (χ1v) is 13.0. The molecule has 1 fully saturated rings. The van der Waals surface area contributed by atoms with Crippen molar-refractivity contribution in [3.8, 4) is 0 Å². The zero-order chi connectivity index (χ0) is 24.1. The topological polar surface area (TPSA) is 60.9 Å². The van der Waals surface area contributed by atoms with Gasteiger partial charge in [0.2, 0.25) is 5.91 Å². The zero-order valence-electron chi connectivity index (χ0n) is 19.1. The van der Waals surface area contributed by atoms with Gasteiger partial charge in [0.1, 0.15) is 6.54 Å². The smallest absolute Gasteiger partial charge is 0.264 e. The van der Waals surface area contributed by atoms with Gasteiger partial charge in [0.05, 0.1) is 10.6 Å². The number of benzene rings is 3. The lowest BCUT2D eigenvalue weighted by atomic mass is 10.2. The van der Waals surface area contributed by atoms with E-state index in [1.165, 1.54) is 22.0 Å². The molecule has 0 N–H and O–H groups in total. The predicted molar refractivity (Wildman–Crippen MR) is 135 cm³/mol. The van der Waals surface area contributed by atoms with E-state index in [0.717, 1.165) is 19.6 Å². The van der Waals surface area contributed by atoms with E-state index in [0.29, 0.717) is 29.4 Å². The molecule has 0 bridgehead atoms. The highest BCUT2D eigenvalue weighted by atomic mass is 35.5. The fourth-order valence-corrected chi connectivity index (χ4v) is 5.77. The molecule has 3 aromatic rings. The van der Waals surface area contributed by atoms with Crippen molar-refractivity contribution in [2.45, 2.75) is 18.4 Å². The molecule has 0 unspecified atom stereocenters. The third-order valence-corrected chi connectivity index (χ3v) is 8.28. The molecule has 3 aromatic carbocycles. The standard InChI is InChI=1S/C26H28ClN3O3S/c1-21-24(27)13-8-14-25(21)30(34(32,33)23-11-6-3-7-12-23)20-26(31)29-17-15-28(16-18-29)19-22-9-4-2-5-10-22/h2-14H,15-20H2,1H3. The summed E-state index contributed by atoms with van der Waals surface area (Å²) in [5.74, 6) is -0.224. The molecule has 1 heterocycles. The second-order valence-corrected chi connectivity index (χ2v) is 10.6. The number of carbonyl (C=O) groups is 1. The van der Waals surface area contributed by atoms with Crippen LogP contribution in [-0.2, 0) is 21.4 Å². The summed E-state index contributed by atoms with van der Waals surface area (Å²) in [6.07, 6.45) is 0. The monoisotopic (exact) mass is 497 g/mol. The van der Waals surface area contributed by atoms with Crippen LogP contribution in [0.2, 0.25) is 5.02 Å². The molecule has 1 aliphatic heterocycles. The first-order valence-electron chi connectivity index (χ1n) is 11.2. The molecule has 1 amide bonds. The van der Waals surface area contributed by atoms with Crippen molar-refractivity contribution in [3.63, 3.8) is 0 Å². The molecule has 0 saturated carbocycles. The van der Waals surface area contributed by atoms with Crippen molar-refractivity contribution in [2.75, 3.05) is 37.0 Å². The van der Waals surface area contributed by atoms with Crippen LogP contribution in [0.1, 0.15) is 11.1 Å². The number of carbonyl (C=O) groups excluding carboxylic acids is 1. The van der Waals surface area contributed by atoms with Crippen LogP contribution in [0.4, 0.5) is 5.69 Å². The van der Waals surface area contributed by atoms with Crippen molar-refractivity contribution in [2.24, 2.45) is 0 Å². The molecule has 1 aliphatic rings. The first-order chi connectivity index (χ1) is 16.4. The normalized spacial score (nSPS) is 14.7. The second-order valence-electron chi connectivity index (χ2n) is 8.35. The number of hydrogen-bond donors (Lipinski definition) is 0. The Kier molecular flexibility index (Phi) is 7.56. The Hall–Kier alpha value is -2.87. The van der Waals surface area contributed by atoms with Gasteiger partial charge in [0.15, 0.2) is 0 Å². The Balaban J connectivity index is 1.52. The van der Waals surface area contributed by atoms with Gasteiger partial charge in [-0.25, -0.2) is 8.42 Å². The summed E-state index contributed by atoms with van der Waals surface area (Å²) in [6.45, 7) is 4.90. The minimum atomic E-state index is -3.96. The van der Waals surface area contributed by atoms with Crippen molar-refractivity contribution in [1.82, 2.24) is 9.80 Å². The quantitative estimate of drug-likeness (QED) is 0.491. The Morgan fingerprint density at radius 3 is 2.15 bits per heavy atom. The summed E-state index contributed by atoms with van der Waals surface area (Å²) in [6, 6.07) is 23.5. The van der Waals surface area contributed by atoms with E-state index in [1.807, 2.05) is 18.2 Å². The van der Waals surface area contributed by atoms with Gasteiger partial charge in [-0.15, -0.1) is 0 Å². The molecule has 0 radical (unpaired) electrons. The van der Waals surface area contributed by atoms with Crippen LogP contribution in [0.5, 0.6) is 0 Å². The highest BCUT2D eigenvalue weighted by Gasteiger charge is 2.31. The lowest BCUT2D eigenvalue weighted by Crippen LogP contribution is -2.51. The second kappa shape index (κ2) is 10.6. The van der Waals surface area contributed by atoms with E-state index >= 15 is 0 Å². The predicted octanol–water partition coefficient (Wildman–Crippen LogP) is 4.19. The van der Waals surface area contributed by atoms with Gasteiger partial charge in [0.25, 0.3) is 10.0 Å². The molecule has 1 saturated heterocycles. The number of piperazine rings is 1. The van der Waals surface area contributed by atoms with Crippen molar-refractivity contribution < 1.29 is 13.2 Å². The molecule has 0 aromatic heterocycles. The maximum Gasteiger partial charge on any atom is 0.264 e. The number of halogens is 1. The van der Waals surface area contributed by atoms with E-state index in [9.17, 15) is 13.2 Å². The SMILES string of the molecule is Cc1c(Cl)cccc1N(CC(=O)N1CCN(Cc2ccccc2)CC1)S(=O)(=O)c1ccccc1. The van der Waals surface area contributed by atoms with Gasteiger partial charge in [-0.3, -0.25) is 14.0 Å². The van der Waals surface area contributed by atoms with E-state index in [2.05, 4.69) is 17.0 Å². The van der Waals surface area contributed by atoms with E-state index in [-0.39, 0.29) is 17.3 Å². The maximum atomic E-state index is 13.6. The number of sulfonamides is 1.